The molecular weight excluding hydrogens is 481 g/mol. The summed E-state index contributed by atoms with van der Waals surface area (Å²) in [6, 6.07) is 4.41. The second-order valence-corrected chi connectivity index (χ2v) is 10.3. The van der Waals surface area contributed by atoms with Crippen molar-refractivity contribution in [1.29, 1.82) is 0 Å². The number of hydrogen-bond acceptors (Lipinski definition) is 5. The Kier molecular flexibility index (Phi) is 7.62. The van der Waals surface area contributed by atoms with E-state index in [2.05, 4.69) is 10.3 Å². The zero-order valence-electron chi connectivity index (χ0n) is 19.6. The molecular formula is C24H29Cl2N3O5. The highest BCUT2D eigenvalue weighted by molar-refractivity contribution is 6.42. The second-order valence-electron chi connectivity index (χ2n) is 9.52. The number of aliphatic carboxylic acids is 1. The van der Waals surface area contributed by atoms with Crippen LogP contribution in [0, 0.1) is 16.7 Å². The number of rotatable bonds is 8. The van der Waals surface area contributed by atoms with Gasteiger partial charge in [-0.1, -0.05) is 43.1 Å². The van der Waals surface area contributed by atoms with Crippen molar-refractivity contribution in [2.75, 3.05) is 7.11 Å². The molecule has 2 N–H and O–H groups in total. The van der Waals surface area contributed by atoms with Crippen LogP contribution >= 0.6 is 23.2 Å². The van der Waals surface area contributed by atoms with Crippen LogP contribution in [-0.2, 0) is 32.1 Å². The van der Waals surface area contributed by atoms with Crippen molar-refractivity contribution in [3.63, 3.8) is 0 Å². The molecule has 2 aromatic rings. The van der Waals surface area contributed by atoms with Gasteiger partial charge in [-0.15, -0.1) is 0 Å². The first-order chi connectivity index (χ1) is 15.9. The first kappa shape index (κ1) is 26.0. The third-order valence-electron chi connectivity index (χ3n) is 7.27. The fourth-order valence-corrected chi connectivity index (χ4v) is 4.93. The van der Waals surface area contributed by atoms with Crippen molar-refractivity contribution in [2.45, 2.75) is 52.6 Å². The molecule has 3 atom stereocenters. The molecule has 184 valence electrons. The summed E-state index contributed by atoms with van der Waals surface area (Å²) in [6.07, 6.45) is 4.36. The highest BCUT2D eigenvalue weighted by Crippen LogP contribution is 2.56. The number of nitrogens with zero attached hydrogens (tertiary/aromatic N) is 2. The van der Waals surface area contributed by atoms with Gasteiger partial charge in [0.1, 0.15) is 6.04 Å². The lowest BCUT2D eigenvalue weighted by atomic mass is 9.65. The van der Waals surface area contributed by atoms with Gasteiger partial charge in [0.2, 0.25) is 5.91 Å². The van der Waals surface area contributed by atoms with E-state index in [1.165, 1.54) is 7.11 Å². The number of hydrogen-bond donors (Lipinski definition) is 2. The topological polar surface area (TPSA) is 111 Å². The zero-order chi connectivity index (χ0) is 25.3. The van der Waals surface area contributed by atoms with Gasteiger partial charge in [0, 0.05) is 25.1 Å². The number of carbonyl (C=O) groups excluding carboxylic acids is 2. The number of halogens is 2. The number of ether oxygens (including phenoxy) is 1. The van der Waals surface area contributed by atoms with Gasteiger partial charge in [-0.25, -0.2) is 9.78 Å². The summed E-state index contributed by atoms with van der Waals surface area (Å²) in [5, 5.41) is 13.4. The van der Waals surface area contributed by atoms with E-state index in [0.717, 1.165) is 5.56 Å². The molecule has 1 saturated carbocycles. The van der Waals surface area contributed by atoms with E-state index in [9.17, 15) is 19.5 Å². The molecule has 1 aromatic heterocycles. The van der Waals surface area contributed by atoms with Crippen LogP contribution in [0.2, 0.25) is 10.0 Å². The molecule has 1 aromatic carbocycles. The van der Waals surface area contributed by atoms with Gasteiger partial charge < -0.3 is 19.7 Å². The maximum absolute atomic E-state index is 13.1. The van der Waals surface area contributed by atoms with E-state index in [4.69, 9.17) is 27.9 Å². The SMILES string of the molecule is COC(=O)C(Cc1cn(Cc2ccc(Cl)c(Cl)c2)cn1)NC(=O)C1CCC(C)(C(=O)O)C1(C)C. The predicted octanol–water partition coefficient (Wildman–Crippen LogP) is 3.97. The number of aromatic nitrogens is 2. The summed E-state index contributed by atoms with van der Waals surface area (Å²) in [7, 11) is 1.26. The molecule has 0 saturated heterocycles. The average molecular weight is 510 g/mol. The van der Waals surface area contributed by atoms with Crippen molar-refractivity contribution in [3.8, 4) is 0 Å². The number of amides is 1. The number of imidazole rings is 1. The molecule has 1 heterocycles. The first-order valence-electron chi connectivity index (χ1n) is 10.9. The third-order valence-corrected chi connectivity index (χ3v) is 8.01. The van der Waals surface area contributed by atoms with Crippen LogP contribution in [0.3, 0.4) is 0 Å². The quantitative estimate of drug-likeness (QED) is 0.520. The van der Waals surface area contributed by atoms with Crippen LogP contribution in [-0.4, -0.2) is 45.7 Å². The molecule has 0 radical (unpaired) electrons. The lowest BCUT2D eigenvalue weighted by Crippen LogP contribution is -2.50. The minimum Gasteiger partial charge on any atom is -0.481 e. The maximum atomic E-state index is 13.1. The fraction of sp³-hybridized carbons (Fsp3) is 0.500. The molecule has 1 fully saturated rings. The Hall–Kier alpha value is -2.58. The molecule has 8 nitrogen and oxygen atoms in total. The van der Waals surface area contributed by atoms with E-state index < -0.39 is 34.7 Å². The van der Waals surface area contributed by atoms with Gasteiger partial charge in [-0.2, -0.15) is 0 Å². The van der Waals surface area contributed by atoms with Crippen molar-refractivity contribution in [3.05, 3.63) is 52.0 Å². The Bertz CT molecular complexity index is 1100. The lowest BCUT2D eigenvalue weighted by Gasteiger charge is -2.38. The molecule has 1 aliphatic carbocycles. The van der Waals surface area contributed by atoms with E-state index in [1.807, 2.05) is 10.6 Å². The van der Waals surface area contributed by atoms with Gasteiger partial charge in [0.25, 0.3) is 0 Å². The van der Waals surface area contributed by atoms with Gasteiger partial charge in [0.05, 0.1) is 34.6 Å². The number of carboxylic acid groups (broad SMARTS) is 1. The van der Waals surface area contributed by atoms with E-state index >= 15 is 0 Å². The smallest absolute Gasteiger partial charge is 0.328 e. The van der Waals surface area contributed by atoms with Crippen molar-refractivity contribution in [1.82, 2.24) is 14.9 Å². The third kappa shape index (κ3) is 5.08. The van der Waals surface area contributed by atoms with Crippen LogP contribution in [0.25, 0.3) is 0 Å². The molecule has 0 aliphatic heterocycles. The molecule has 1 amide bonds. The maximum Gasteiger partial charge on any atom is 0.328 e. The summed E-state index contributed by atoms with van der Waals surface area (Å²) >= 11 is 12.0. The minimum atomic E-state index is -1.03. The van der Waals surface area contributed by atoms with Gasteiger partial charge >= 0.3 is 11.9 Å². The van der Waals surface area contributed by atoms with Crippen LogP contribution in [0.1, 0.15) is 44.9 Å². The first-order valence-corrected chi connectivity index (χ1v) is 11.7. The highest BCUT2D eigenvalue weighted by atomic mass is 35.5. The number of carbonyl (C=O) groups is 3. The zero-order valence-corrected chi connectivity index (χ0v) is 21.1. The fourth-order valence-electron chi connectivity index (χ4n) is 4.61. The number of esters is 1. The van der Waals surface area contributed by atoms with E-state index in [1.54, 1.807) is 45.4 Å². The minimum absolute atomic E-state index is 0.135. The largest absolute Gasteiger partial charge is 0.481 e. The Balaban J connectivity index is 1.71. The van der Waals surface area contributed by atoms with Gasteiger partial charge in [0.15, 0.2) is 0 Å². The van der Waals surface area contributed by atoms with Crippen LogP contribution < -0.4 is 5.32 Å². The molecule has 34 heavy (non-hydrogen) atoms. The van der Waals surface area contributed by atoms with Crippen LogP contribution in [0.4, 0.5) is 0 Å². The molecule has 0 spiro atoms. The Morgan fingerprint density at radius 3 is 2.56 bits per heavy atom. The van der Waals surface area contributed by atoms with Crippen molar-refractivity contribution >= 4 is 41.0 Å². The van der Waals surface area contributed by atoms with Gasteiger partial charge in [-0.3, -0.25) is 9.59 Å². The molecule has 10 heteroatoms. The van der Waals surface area contributed by atoms with Crippen LogP contribution in [0.15, 0.2) is 30.7 Å². The molecule has 0 bridgehead atoms. The number of methoxy groups -OCH3 is 1. The monoisotopic (exact) mass is 509 g/mol. The average Bonchev–Trinajstić information content (AvgIpc) is 3.31. The number of nitrogens with one attached hydrogen (secondary N) is 1. The Morgan fingerprint density at radius 2 is 1.97 bits per heavy atom. The van der Waals surface area contributed by atoms with Crippen molar-refractivity contribution < 1.29 is 24.2 Å². The summed E-state index contributed by atoms with van der Waals surface area (Å²) in [4.78, 5) is 41.8. The Labute approximate surface area is 208 Å². The Morgan fingerprint density at radius 1 is 1.26 bits per heavy atom. The second kappa shape index (κ2) is 9.96. The summed E-state index contributed by atoms with van der Waals surface area (Å²) in [6.45, 7) is 5.75. The molecule has 1 aliphatic rings. The molecule has 3 rings (SSSR count). The normalized spacial score (nSPS) is 22.2. The number of carboxylic acids is 1. The van der Waals surface area contributed by atoms with Crippen molar-refractivity contribution in [2.24, 2.45) is 16.7 Å². The predicted molar refractivity (Wildman–Crippen MR) is 128 cm³/mol. The lowest BCUT2D eigenvalue weighted by molar-refractivity contribution is -0.156. The van der Waals surface area contributed by atoms with E-state index in [0.29, 0.717) is 35.1 Å². The molecule has 3 unspecified atom stereocenters. The van der Waals surface area contributed by atoms with Crippen LogP contribution in [0.5, 0.6) is 0 Å². The summed E-state index contributed by atoms with van der Waals surface area (Å²) < 4.78 is 6.73. The summed E-state index contributed by atoms with van der Waals surface area (Å²) in [5.74, 6) is -2.43. The summed E-state index contributed by atoms with van der Waals surface area (Å²) in [5.41, 5.74) is -0.289. The highest BCUT2D eigenvalue weighted by Gasteiger charge is 2.58. The van der Waals surface area contributed by atoms with E-state index in [-0.39, 0.29) is 12.3 Å². The standard InChI is InChI=1S/C24H29Cl2N3O5/c1-23(2)16(7-8-24(23,3)22(32)33)20(30)28-19(21(31)34-4)10-15-12-29(13-27-15)11-14-5-6-17(25)18(26)9-14/h5-6,9,12-13,16,19H,7-8,10-11H2,1-4H3,(H,28,30)(H,32,33). The van der Waals surface area contributed by atoms with Gasteiger partial charge in [-0.05, 0) is 42.9 Å². The number of benzene rings is 1.